The predicted molar refractivity (Wildman–Crippen MR) is 122 cm³/mol. The first-order valence-corrected chi connectivity index (χ1v) is 10.7. The van der Waals surface area contributed by atoms with Gasteiger partial charge in [-0.25, -0.2) is 0 Å². The predicted octanol–water partition coefficient (Wildman–Crippen LogP) is 4.97. The van der Waals surface area contributed by atoms with Crippen molar-refractivity contribution in [1.29, 1.82) is 0 Å². The average molecular weight is 428 g/mol. The van der Waals surface area contributed by atoms with Crippen molar-refractivity contribution >= 4 is 5.78 Å². The van der Waals surface area contributed by atoms with Crippen LogP contribution in [0, 0.1) is 6.92 Å². The van der Waals surface area contributed by atoms with Crippen LogP contribution in [0.4, 0.5) is 0 Å². The highest BCUT2D eigenvalue weighted by atomic mass is 16.5. The Bertz CT molecular complexity index is 1220. The molecule has 4 rings (SSSR count). The van der Waals surface area contributed by atoms with Gasteiger partial charge >= 0.3 is 0 Å². The van der Waals surface area contributed by atoms with Crippen molar-refractivity contribution in [2.75, 3.05) is 0 Å². The van der Waals surface area contributed by atoms with Gasteiger partial charge in [-0.2, -0.15) is 5.21 Å². The monoisotopic (exact) mass is 427 g/mol. The maximum atomic E-state index is 12.5. The van der Waals surface area contributed by atoms with E-state index in [2.05, 4.69) is 25.6 Å². The Morgan fingerprint density at radius 1 is 1.03 bits per heavy atom. The lowest BCUT2D eigenvalue weighted by atomic mass is 9.98. The number of carbonyl (C=O) groups is 1. The number of pyridine rings is 1. The zero-order valence-electron chi connectivity index (χ0n) is 18.4. The fraction of sp³-hybridized carbons (Fsp3) is 0.240. The minimum absolute atomic E-state index is 0.0427. The summed E-state index contributed by atoms with van der Waals surface area (Å²) in [6, 6.07) is 18.0. The van der Waals surface area contributed by atoms with Crippen LogP contribution in [-0.2, 0) is 13.0 Å². The summed E-state index contributed by atoms with van der Waals surface area (Å²) in [6.45, 7) is 6.12. The normalized spacial score (nSPS) is 10.8. The van der Waals surface area contributed by atoms with Crippen LogP contribution >= 0.6 is 0 Å². The van der Waals surface area contributed by atoms with Crippen LogP contribution in [0.25, 0.3) is 22.5 Å². The molecule has 1 N–H and O–H groups in total. The van der Waals surface area contributed by atoms with Gasteiger partial charge < -0.3 is 4.74 Å². The number of nitrogens with one attached hydrogen (secondary N) is 1. The topological polar surface area (TPSA) is 93.7 Å². The van der Waals surface area contributed by atoms with E-state index in [0.29, 0.717) is 30.2 Å². The molecule has 0 bridgehead atoms. The van der Waals surface area contributed by atoms with E-state index in [0.717, 1.165) is 40.1 Å². The Morgan fingerprint density at radius 2 is 1.78 bits per heavy atom. The lowest BCUT2D eigenvalue weighted by Crippen LogP contribution is -2.09. The maximum Gasteiger partial charge on any atom is 0.205 e. The number of rotatable bonds is 8. The molecule has 0 unspecified atom stereocenters. The van der Waals surface area contributed by atoms with Crippen molar-refractivity contribution < 1.29 is 9.53 Å². The van der Waals surface area contributed by atoms with Gasteiger partial charge in [0.05, 0.1) is 11.3 Å². The van der Waals surface area contributed by atoms with Crippen LogP contribution in [0.5, 0.6) is 5.75 Å². The number of hydrogen-bond acceptors (Lipinski definition) is 6. The second-order valence-corrected chi connectivity index (χ2v) is 7.47. The van der Waals surface area contributed by atoms with Gasteiger partial charge in [0, 0.05) is 23.7 Å². The number of Topliss-reactive ketones (excluding diaryl/α,β-unsaturated/α-hetero) is 1. The highest BCUT2D eigenvalue weighted by Gasteiger charge is 2.17. The summed E-state index contributed by atoms with van der Waals surface area (Å²) in [4.78, 5) is 17.0. The Kier molecular flexibility index (Phi) is 6.35. The highest BCUT2D eigenvalue weighted by Crippen LogP contribution is 2.30. The van der Waals surface area contributed by atoms with E-state index in [1.165, 1.54) is 0 Å². The molecule has 7 nitrogen and oxygen atoms in total. The first-order chi connectivity index (χ1) is 15.6. The first kappa shape index (κ1) is 21.4. The summed E-state index contributed by atoms with van der Waals surface area (Å²) >= 11 is 0. The second-order valence-electron chi connectivity index (χ2n) is 7.47. The minimum atomic E-state index is 0.0427. The number of ether oxygens (including phenoxy) is 1. The quantitative estimate of drug-likeness (QED) is 0.399. The Morgan fingerprint density at radius 3 is 2.44 bits per heavy atom. The molecule has 4 aromatic rings. The van der Waals surface area contributed by atoms with Gasteiger partial charge in [0.2, 0.25) is 5.82 Å². The van der Waals surface area contributed by atoms with E-state index < -0.39 is 0 Å². The van der Waals surface area contributed by atoms with Gasteiger partial charge in [0.25, 0.3) is 0 Å². The van der Waals surface area contributed by atoms with Gasteiger partial charge in [0.15, 0.2) is 5.78 Å². The van der Waals surface area contributed by atoms with Crippen molar-refractivity contribution in [3.05, 3.63) is 77.1 Å². The van der Waals surface area contributed by atoms with Crippen molar-refractivity contribution in [1.82, 2.24) is 25.6 Å². The summed E-state index contributed by atoms with van der Waals surface area (Å²) in [7, 11) is 0. The molecule has 0 aliphatic heterocycles. The minimum Gasteiger partial charge on any atom is -0.488 e. The van der Waals surface area contributed by atoms with Crippen LogP contribution in [0.15, 0.2) is 54.6 Å². The molecule has 0 aliphatic carbocycles. The molecule has 2 heterocycles. The molecule has 0 saturated heterocycles. The summed E-state index contributed by atoms with van der Waals surface area (Å²) in [5, 5.41) is 14.4. The van der Waals surface area contributed by atoms with Gasteiger partial charge in [-0.3, -0.25) is 9.78 Å². The summed E-state index contributed by atoms with van der Waals surface area (Å²) < 4.78 is 6.10. The Hall–Kier alpha value is -3.87. The van der Waals surface area contributed by atoms with Gasteiger partial charge in [0.1, 0.15) is 12.4 Å². The van der Waals surface area contributed by atoms with Crippen molar-refractivity contribution in [3.8, 4) is 28.3 Å². The van der Waals surface area contributed by atoms with Crippen molar-refractivity contribution in [3.63, 3.8) is 0 Å². The maximum absolute atomic E-state index is 12.5. The van der Waals surface area contributed by atoms with Crippen molar-refractivity contribution in [2.24, 2.45) is 0 Å². The molecule has 7 heteroatoms. The molecule has 0 aliphatic rings. The summed E-state index contributed by atoms with van der Waals surface area (Å²) in [5.41, 5.74) is 6.20. The molecule has 2 aromatic heterocycles. The van der Waals surface area contributed by atoms with E-state index in [4.69, 9.17) is 4.74 Å². The third-order valence-electron chi connectivity index (χ3n) is 5.35. The molecule has 0 saturated carbocycles. The first-order valence-electron chi connectivity index (χ1n) is 10.7. The number of hydrogen-bond donors (Lipinski definition) is 1. The van der Waals surface area contributed by atoms with Crippen LogP contribution in [-0.4, -0.2) is 31.4 Å². The standard InChI is InChI=1S/C25H25N5O2/c1-4-19-14-23(24(16(3)26-19)22(31)5-2)32-15-17-10-12-18(13-11-17)20-8-6-7-9-21(20)25-27-29-30-28-25/h6-14H,4-5,15H2,1-3H3,(H,27,28,29,30). The van der Waals surface area contributed by atoms with Crippen LogP contribution in [0.2, 0.25) is 0 Å². The molecular formula is C25H25N5O2. The molecule has 0 radical (unpaired) electrons. The number of ketones is 1. The van der Waals surface area contributed by atoms with E-state index in [9.17, 15) is 4.79 Å². The average Bonchev–Trinajstić information content (AvgIpc) is 3.37. The SMILES string of the molecule is CCC(=O)c1c(OCc2ccc(-c3ccccc3-c3nn[nH]n3)cc2)cc(CC)nc1C. The fourth-order valence-corrected chi connectivity index (χ4v) is 3.66. The third-order valence-corrected chi connectivity index (χ3v) is 5.35. The summed E-state index contributed by atoms with van der Waals surface area (Å²) in [6.07, 6.45) is 1.20. The van der Waals surface area contributed by atoms with E-state index >= 15 is 0 Å². The fourth-order valence-electron chi connectivity index (χ4n) is 3.66. The molecule has 0 amide bonds. The molecule has 0 atom stereocenters. The van der Waals surface area contributed by atoms with Gasteiger partial charge in [-0.15, -0.1) is 10.2 Å². The number of benzene rings is 2. The van der Waals surface area contributed by atoms with Crippen LogP contribution in [0.1, 0.15) is 47.6 Å². The second kappa shape index (κ2) is 9.51. The number of aromatic amines is 1. The molecule has 0 spiro atoms. The third kappa shape index (κ3) is 4.42. The number of aryl methyl sites for hydroxylation is 2. The van der Waals surface area contributed by atoms with E-state index in [1.807, 2.05) is 75.4 Å². The van der Waals surface area contributed by atoms with Gasteiger partial charge in [-0.1, -0.05) is 62.4 Å². The molecule has 162 valence electrons. The molecule has 32 heavy (non-hydrogen) atoms. The molecule has 0 fully saturated rings. The summed E-state index contributed by atoms with van der Waals surface area (Å²) in [5.74, 6) is 1.20. The van der Waals surface area contributed by atoms with Gasteiger partial charge in [-0.05, 0) is 35.2 Å². The van der Waals surface area contributed by atoms with Crippen molar-refractivity contribution in [2.45, 2.75) is 40.2 Å². The smallest absolute Gasteiger partial charge is 0.205 e. The van der Waals surface area contributed by atoms with E-state index in [1.54, 1.807) is 0 Å². The highest BCUT2D eigenvalue weighted by molar-refractivity contribution is 5.99. The van der Waals surface area contributed by atoms with E-state index in [-0.39, 0.29) is 5.78 Å². The lowest BCUT2D eigenvalue weighted by molar-refractivity contribution is 0.0982. The number of nitrogens with zero attached hydrogens (tertiary/aromatic N) is 4. The van der Waals surface area contributed by atoms with Crippen LogP contribution in [0.3, 0.4) is 0 Å². The number of H-pyrrole nitrogens is 1. The zero-order chi connectivity index (χ0) is 22.5. The Balaban J connectivity index is 1.57. The number of aromatic nitrogens is 5. The lowest BCUT2D eigenvalue weighted by Gasteiger charge is -2.14. The Labute approximate surface area is 186 Å². The molecule has 2 aromatic carbocycles. The molecular weight excluding hydrogens is 402 g/mol. The zero-order valence-corrected chi connectivity index (χ0v) is 18.4. The number of tetrazole rings is 1. The van der Waals surface area contributed by atoms with Crippen LogP contribution < -0.4 is 4.74 Å². The largest absolute Gasteiger partial charge is 0.488 e. The number of carbonyl (C=O) groups excluding carboxylic acids is 1.